The van der Waals surface area contributed by atoms with Gasteiger partial charge in [0.2, 0.25) is 0 Å². The first-order chi connectivity index (χ1) is 7.95. The zero-order chi connectivity index (χ0) is 11.1. The summed E-state index contributed by atoms with van der Waals surface area (Å²) in [5.41, 5.74) is 0. The number of hydrogen-bond donors (Lipinski definition) is 2. The van der Waals surface area contributed by atoms with Gasteiger partial charge >= 0.3 is 0 Å². The molecule has 2 rings (SSSR count). The lowest BCUT2D eigenvalue weighted by Crippen LogP contribution is -2.43. The van der Waals surface area contributed by atoms with Crippen molar-refractivity contribution in [2.45, 2.75) is 0 Å². The van der Waals surface area contributed by atoms with Crippen molar-refractivity contribution in [3.63, 3.8) is 0 Å². The zero-order valence-corrected chi connectivity index (χ0v) is 11.4. The van der Waals surface area contributed by atoms with Gasteiger partial charge in [-0.1, -0.05) is 21.6 Å². The Balaban J connectivity index is 1.47. The summed E-state index contributed by atoms with van der Waals surface area (Å²) in [5.74, 6) is 2.36. The van der Waals surface area contributed by atoms with Crippen molar-refractivity contribution in [2.24, 2.45) is 0 Å². The molecule has 2 aliphatic rings. The fraction of sp³-hybridized carbons (Fsp3) is 1.00. The minimum Gasteiger partial charge on any atom is -0.314 e. The zero-order valence-electron chi connectivity index (χ0n) is 9.78. The lowest BCUT2D eigenvalue weighted by Gasteiger charge is -2.28. The van der Waals surface area contributed by atoms with Gasteiger partial charge in [-0.25, -0.2) is 0 Å². The van der Waals surface area contributed by atoms with Gasteiger partial charge in [0.1, 0.15) is 0 Å². The number of piperazine rings is 2. The van der Waals surface area contributed by atoms with Crippen LogP contribution in [0.3, 0.4) is 0 Å². The summed E-state index contributed by atoms with van der Waals surface area (Å²) in [7, 11) is 4.01. The van der Waals surface area contributed by atoms with E-state index in [1.54, 1.807) is 0 Å². The molecule has 0 unspecified atom stereocenters. The molecule has 0 amide bonds. The van der Waals surface area contributed by atoms with Crippen molar-refractivity contribution in [1.82, 2.24) is 20.4 Å². The molecule has 0 aromatic carbocycles. The van der Waals surface area contributed by atoms with Crippen LogP contribution in [-0.2, 0) is 0 Å². The van der Waals surface area contributed by atoms with E-state index in [4.69, 9.17) is 0 Å². The molecule has 0 radical (unpaired) electrons. The second-order valence-electron chi connectivity index (χ2n) is 4.23. The van der Waals surface area contributed by atoms with E-state index in [9.17, 15) is 0 Å². The van der Waals surface area contributed by atoms with Crippen molar-refractivity contribution in [3.8, 4) is 0 Å². The quantitative estimate of drug-likeness (QED) is 0.540. The highest BCUT2D eigenvalue weighted by Crippen LogP contribution is 2.23. The lowest BCUT2D eigenvalue weighted by atomic mass is 10.4. The summed E-state index contributed by atoms with van der Waals surface area (Å²) < 4.78 is 0. The summed E-state index contributed by atoms with van der Waals surface area (Å²) in [4.78, 5) is 5.07. The van der Waals surface area contributed by atoms with E-state index in [2.05, 4.69) is 20.4 Å². The molecule has 2 fully saturated rings. The van der Waals surface area contributed by atoms with Crippen molar-refractivity contribution in [1.29, 1.82) is 0 Å². The topological polar surface area (TPSA) is 30.5 Å². The van der Waals surface area contributed by atoms with Crippen molar-refractivity contribution >= 4 is 21.6 Å². The highest BCUT2D eigenvalue weighted by atomic mass is 33.1. The molecule has 0 spiro atoms. The van der Waals surface area contributed by atoms with Gasteiger partial charge in [-0.2, -0.15) is 0 Å². The van der Waals surface area contributed by atoms with Crippen LogP contribution in [0.15, 0.2) is 0 Å². The van der Waals surface area contributed by atoms with E-state index in [1.165, 1.54) is 37.9 Å². The summed E-state index contributed by atoms with van der Waals surface area (Å²) in [6.07, 6.45) is 0. The Bertz CT molecular complexity index is 162. The van der Waals surface area contributed by atoms with Crippen LogP contribution in [0.2, 0.25) is 0 Å². The largest absolute Gasteiger partial charge is 0.314 e. The minimum absolute atomic E-state index is 1.16. The second-order valence-corrected chi connectivity index (χ2v) is 6.63. The number of nitrogens with zero attached hydrogens (tertiary/aromatic N) is 2. The van der Waals surface area contributed by atoms with Crippen LogP contribution in [-0.4, -0.2) is 73.9 Å². The average Bonchev–Trinajstić information content (AvgIpc) is 2.37. The van der Waals surface area contributed by atoms with Gasteiger partial charge in [-0.3, -0.25) is 9.80 Å². The third-order valence-corrected chi connectivity index (χ3v) is 5.21. The fourth-order valence-electron chi connectivity index (χ4n) is 1.90. The molecule has 2 N–H and O–H groups in total. The average molecular weight is 262 g/mol. The summed E-state index contributed by atoms with van der Waals surface area (Å²) >= 11 is 0. The molecule has 0 aromatic heterocycles. The maximum Gasteiger partial charge on any atom is 0.0550 e. The van der Waals surface area contributed by atoms with E-state index in [1.807, 2.05) is 21.6 Å². The maximum absolute atomic E-state index is 3.38. The smallest absolute Gasteiger partial charge is 0.0550 e. The van der Waals surface area contributed by atoms with Gasteiger partial charge in [0.15, 0.2) is 0 Å². The normalized spacial score (nSPS) is 24.8. The van der Waals surface area contributed by atoms with Gasteiger partial charge in [-0.15, -0.1) is 0 Å². The van der Waals surface area contributed by atoms with Crippen molar-refractivity contribution < 1.29 is 0 Å². The number of hydrogen-bond acceptors (Lipinski definition) is 6. The Hall–Kier alpha value is 0.540. The second kappa shape index (κ2) is 7.79. The molecule has 0 saturated carbocycles. The molecule has 0 bridgehead atoms. The highest BCUT2D eigenvalue weighted by Gasteiger charge is 2.11. The molecule has 0 aliphatic carbocycles. The molecule has 2 aliphatic heterocycles. The highest BCUT2D eigenvalue weighted by molar-refractivity contribution is 8.76. The van der Waals surface area contributed by atoms with Crippen LogP contribution in [0, 0.1) is 0 Å². The predicted molar refractivity (Wildman–Crippen MR) is 73.8 cm³/mol. The Labute approximate surface area is 106 Å². The number of rotatable bonds is 5. The van der Waals surface area contributed by atoms with E-state index < -0.39 is 0 Å². The van der Waals surface area contributed by atoms with Gasteiger partial charge in [0.05, 0.1) is 11.8 Å². The molecule has 0 atom stereocenters. The number of nitrogens with one attached hydrogen (secondary N) is 2. The van der Waals surface area contributed by atoms with Crippen molar-refractivity contribution in [2.75, 3.05) is 64.1 Å². The third kappa shape index (κ3) is 4.81. The van der Waals surface area contributed by atoms with Gasteiger partial charge < -0.3 is 10.6 Å². The van der Waals surface area contributed by atoms with E-state index in [-0.39, 0.29) is 0 Å². The molecule has 2 saturated heterocycles. The van der Waals surface area contributed by atoms with E-state index in [0.29, 0.717) is 0 Å². The van der Waals surface area contributed by atoms with E-state index in [0.717, 1.165) is 26.2 Å². The molecule has 6 heteroatoms. The van der Waals surface area contributed by atoms with Crippen LogP contribution < -0.4 is 10.6 Å². The molecule has 94 valence electrons. The van der Waals surface area contributed by atoms with Gasteiger partial charge in [-0.05, 0) is 0 Å². The first-order valence-electron chi connectivity index (χ1n) is 6.06. The summed E-state index contributed by atoms with van der Waals surface area (Å²) in [6, 6.07) is 0. The SMILES string of the molecule is C1CN(CSSCN2CCNCC2)CCN1. The molecule has 0 aromatic rings. The Morgan fingerprint density at radius 3 is 1.44 bits per heavy atom. The van der Waals surface area contributed by atoms with Crippen LogP contribution in [0.25, 0.3) is 0 Å². The Morgan fingerprint density at radius 2 is 1.06 bits per heavy atom. The standard InChI is InChI=1S/C10H22N4S2/c1-5-13(6-2-11-1)9-15-16-10-14-7-3-12-4-8-14/h11-12H,1-10H2. The predicted octanol–water partition coefficient (Wildman–Crippen LogP) is 0.0932. The molecular weight excluding hydrogens is 240 g/mol. The molecule has 4 nitrogen and oxygen atoms in total. The van der Waals surface area contributed by atoms with Crippen molar-refractivity contribution in [3.05, 3.63) is 0 Å². The van der Waals surface area contributed by atoms with E-state index >= 15 is 0 Å². The Kier molecular flexibility index (Phi) is 6.32. The van der Waals surface area contributed by atoms with Crippen LogP contribution >= 0.6 is 21.6 Å². The van der Waals surface area contributed by atoms with Crippen LogP contribution in [0.4, 0.5) is 0 Å². The monoisotopic (exact) mass is 262 g/mol. The minimum atomic E-state index is 1.16. The maximum atomic E-state index is 3.38. The first-order valence-corrected chi connectivity index (χ1v) is 8.54. The third-order valence-electron chi connectivity index (χ3n) is 2.97. The molecule has 2 heterocycles. The van der Waals surface area contributed by atoms with Gasteiger partial charge in [0, 0.05) is 52.4 Å². The lowest BCUT2D eigenvalue weighted by molar-refractivity contribution is 0.279. The fourth-order valence-corrected chi connectivity index (χ4v) is 4.21. The molecular formula is C10H22N4S2. The Morgan fingerprint density at radius 1 is 0.688 bits per heavy atom. The molecule has 16 heavy (non-hydrogen) atoms. The van der Waals surface area contributed by atoms with Crippen LogP contribution in [0.1, 0.15) is 0 Å². The van der Waals surface area contributed by atoms with Gasteiger partial charge in [0.25, 0.3) is 0 Å². The summed E-state index contributed by atoms with van der Waals surface area (Å²) in [6.45, 7) is 9.46. The first kappa shape index (κ1) is 13.0. The van der Waals surface area contributed by atoms with Crippen LogP contribution in [0.5, 0.6) is 0 Å². The summed E-state index contributed by atoms with van der Waals surface area (Å²) in [5, 5.41) is 6.77.